The zero-order chi connectivity index (χ0) is 21.8. The highest BCUT2D eigenvalue weighted by atomic mass is 32.1. The number of thiocarbonyl (C=S) groups is 1. The molecular weight excluding hydrogens is 398 g/mol. The van der Waals surface area contributed by atoms with Gasteiger partial charge >= 0.3 is 0 Å². The molecule has 0 spiro atoms. The molecule has 0 saturated heterocycles. The molecule has 1 aliphatic carbocycles. The van der Waals surface area contributed by atoms with Gasteiger partial charge in [0.1, 0.15) is 0 Å². The van der Waals surface area contributed by atoms with Gasteiger partial charge in [0, 0.05) is 41.9 Å². The number of fused-ring (bicyclic) bond motifs is 1. The molecule has 1 N–H and O–H groups in total. The first-order chi connectivity index (χ1) is 15.0. The van der Waals surface area contributed by atoms with E-state index in [4.69, 9.17) is 12.2 Å². The number of para-hydroxylation sites is 1. The van der Waals surface area contributed by atoms with Crippen LogP contribution < -0.4 is 5.32 Å². The van der Waals surface area contributed by atoms with Gasteiger partial charge in [0.2, 0.25) is 0 Å². The summed E-state index contributed by atoms with van der Waals surface area (Å²) in [6.07, 6.45) is 10.1. The lowest BCUT2D eigenvalue weighted by molar-refractivity contribution is 0.281. The normalized spacial score (nSPS) is 15.1. The van der Waals surface area contributed by atoms with Gasteiger partial charge in [-0.25, -0.2) is 0 Å². The molecule has 0 bridgehead atoms. The van der Waals surface area contributed by atoms with Crippen LogP contribution in [0.25, 0.3) is 10.9 Å². The van der Waals surface area contributed by atoms with E-state index in [1.54, 1.807) is 0 Å². The Labute approximate surface area is 192 Å². The molecule has 0 aliphatic heterocycles. The lowest BCUT2D eigenvalue weighted by Crippen LogP contribution is -2.42. The highest BCUT2D eigenvalue weighted by molar-refractivity contribution is 7.80. The van der Waals surface area contributed by atoms with Gasteiger partial charge in [-0.3, -0.25) is 0 Å². The van der Waals surface area contributed by atoms with Crippen molar-refractivity contribution in [1.82, 2.24) is 9.47 Å². The lowest BCUT2D eigenvalue weighted by atomic mass is 10.1. The Balaban J connectivity index is 1.65. The Morgan fingerprint density at radius 1 is 1.03 bits per heavy atom. The van der Waals surface area contributed by atoms with E-state index in [9.17, 15) is 0 Å². The second-order valence-electron chi connectivity index (χ2n) is 9.04. The number of anilines is 1. The predicted octanol–water partition coefficient (Wildman–Crippen LogP) is 7.20. The van der Waals surface area contributed by atoms with Crippen molar-refractivity contribution in [3.8, 4) is 0 Å². The maximum atomic E-state index is 6.03. The average molecular weight is 434 g/mol. The van der Waals surface area contributed by atoms with Crippen LogP contribution in [0.2, 0.25) is 0 Å². The minimum atomic E-state index is 0.497. The van der Waals surface area contributed by atoms with Gasteiger partial charge in [0.05, 0.1) is 0 Å². The summed E-state index contributed by atoms with van der Waals surface area (Å²) in [6, 6.07) is 15.8. The van der Waals surface area contributed by atoms with Crippen LogP contribution in [-0.2, 0) is 13.1 Å². The van der Waals surface area contributed by atoms with Crippen molar-refractivity contribution in [2.75, 3.05) is 5.32 Å². The van der Waals surface area contributed by atoms with E-state index in [-0.39, 0.29) is 0 Å². The second-order valence-corrected chi connectivity index (χ2v) is 9.42. The molecule has 1 saturated carbocycles. The molecule has 3 aromatic rings. The third-order valence-corrected chi connectivity index (χ3v) is 6.89. The minimum absolute atomic E-state index is 0.497. The van der Waals surface area contributed by atoms with Gasteiger partial charge in [0.25, 0.3) is 0 Å². The summed E-state index contributed by atoms with van der Waals surface area (Å²) in [7, 11) is 0. The molecule has 1 fully saturated rings. The quantitative estimate of drug-likeness (QED) is 0.339. The number of aryl methyl sites for hydroxylation is 3. The fourth-order valence-electron chi connectivity index (χ4n) is 5.07. The van der Waals surface area contributed by atoms with Crippen LogP contribution in [0.1, 0.15) is 62.1 Å². The molecular formula is C27H35N3S. The van der Waals surface area contributed by atoms with Crippen LogP contribution in [0.15, 0.2) is 48.7 Å². The number of nitrogens with one attached hydrogen (secondary N) is 1. The molecule has 31 heavy (non-hydrogen) atoms. The first-order valence-electron chi connectivity index (χ1n) is 11.8. The third kappa shape index (κ3) is 5.12. The number of aromatic nitrogens is 1. The van der Waals surface area contributed by atoms with Crippen LogP contribution in [0.3, 0.4) is 0 Å². The van der Waals surface area contributed by atoms with Crippen molar-refractivity contribution in [3.63, 3.8) is 0 Å². The van der Waals surface area contributed by atoms with Crippen LogP contribution in [0, 0.1) is 13.8 Å². The van der Waals surface area contributed by atoms with E-state index in [2.05, 4.69) is 84.2 Å². The molecule has 2 aromatic carbocycles. The first-order valence-corrected chi connectivity index (χ1v) is 12.2. The van der Waals surface area contributed by atoms with E-state index in [1.807, 2.05) is 0 Å². The summed E-state index contributed by atoms with van der Waals surface area (Å²) < 4.78 is 2.36. The maximum absolute atomic E-state index is 6.03. The van der Waals surface area contributed by atoms with Gasteiger partial charge in [-0.1, -0.05) is 49.9 Å². The summed E-state index contributed by atoms with van der Waals surface area (Å²) in [5.41, 5.74) is 6.30. The average Bonchev–Trinajstić information content (AvgIpc) is 2.89. The van der Waals surface area contributed by atoms with Crippen molar-refractivity contribution in [2.45, 2.75) is 78.4 Å². The fraction of sp³-hybridized carbons (Fsp3) is 0.444. The second kappa shape index (κ2) is 9.86. The van der Waals surface area contributed by atoms with Crippen molar-refractivity contribution in [1.29, 1.82) is 0 Å². The Bertz CT molecular complexity index is 1020. The Hall–Kier alpha value is -2.33. The van der Waals surface area contributed by atoms with Crippen LogP contribution in [0.4, 0.5) is 5.69 Å². The van der Waals surface area contributed by atoms with E-state index in [0.717, 1.165) is 23.9 Å². The smallest absolute Gasteiger partial charge is 0.173 e. The molecule has 1 aliphatic rings. The lowest BCUT2D eigenvalue weighted by Gasteiger charge is -2.34. The number of hydrogen-bond acceptors (Lipinski definition) is 1. The first kappa shape index (κ1) is 21.9. The summed E-state index contributed by atoms with van der Waals surface area (Å²) in [5.74, 6) is 0. The summed E-state index contributed by atoms with van der Waals surface area (Å²) in [4.78, 5) is 2.47. The van der Waals surface area contributed by atoms with Gasteiger partial charge in [-0.05, 0) is 80.7 Å². The molecule has 0 amide bonds. The fourth-order valence-corrected chi connectivity index (χ4v) is 5.40. The number of nitrogens with zero attached hydrogens (tertiary/aromatic N) is 2. The van der Waals surface area contributed by atoms with Crippen molar-refractivity contribution in [2.24, 2.45) is 0 Å². The standard InChI is InChI=1S/C27H35N3S/c1-4-29-18-22(25-13-9-10-14-26(25)29)19-30(24-11-7-5-6-8-12-24)27(31)28-23-16-20(2)15-21(3)17-23/h9-10,13-18,24H,4-8,11-12,19H2,1-3H3,(H,28,31). The molecule has 0 unspecified atom stereocenters. The summed E-state index contributed by atoms with van der Waals surface area (Å²) in [5, 5.41) is 5.78. The largest absolute Gasteiger partial charge is 0.347 e. The van der Waals surface area contributed by atoms with Gasteiger partial charge < -0.3 is 14.8 Å². The van der Waals surface area contributed by atoms with Crippen LogP contribution >= 0.6 is 12.2 Å². The molecule has 3 nitrogen and oxygen atoms in total. The van der Waals surface area contributed by atoms with Crippen molar-refractivity contribution >= 4 is 33.9 Å². The molecule has 0 radical (unpaired) electrons. The zero-order valence-corrected chi connectivity index (χ0v) is 20.0. The van der Waals surface area contributed by atoms with Crippen LogP contribution in [0.5, 0.6) is 0 Å². The maximum Gasteiger partial charge on any atom is 0.173 e. The monoisotopic (exact) mass is 433 g/mol. The molecule has 164 valence electrons. The molecule has 0 atom stereocenters. The minimum Gasteiger partial charge on any atom is -0.347 e. The Morgan fingerprint density at radius 2 is 1.71 bits per heavy atom. The van der Waals surface area contributed by atoms with Gasteiger partial charge in [-0.2, -0.15) is 0 Å². The zero-order valence-electron chi connectivity index (χ0n) is 19.2. The number of rotatable bonds is 5. The predicted molar refractivity (Wildman–Crippen MR) is 137 cm³/mol. The molecule has 4 rings (SSSR count). The van der Waals surface area contributed by atoms with Crippen LogP contribution in [-0.4, -0.2) is 20.6 Å². The summed E-state index contributed by atoms with van der Waals surface area (Å²) >= 11 is 6.03. The molecule has 1 heterocycles. The molecule has 1 aromatic heterocycles. The van der Waals surface area contributed by atoms with Crippen molar-refractivity contribution < 1.29 is 0 Å². The van der Waals surface area contributed by atoms with E-state index in [0.29, 0.717) is 6.04 Å². The topological polar surface area (TPSA) is 20.2 Å². The van der Waals surface area contributed by atoms with Crippen molar-refractivity contribution in [3.05, 3.63) is 65.4 Å². The number of benzene rings is 2. The number of hydrogen-bond donors (Lipinski definition) is 1. The SMILES string of the molecule is CCn1cc(CN(C(=S)Nc2cc(C)cc(C)c2)C2CCCCCC2)c2ccccc21. The van der Waals surface area contributed by atoms with Gasteiger partial charge in [0.15, 0.2) is 5.11 Å². The van der Waals surface area contributed by atoms with Gasteiger partial charge in [-0.15, -0.1) is 0 Å². The van der Waals surface area contributed by atoms with E-state index < -0.39 is 0 Å². The Morgan fingerprint density at radius 3 is 2.39 bits per heavy atom. The highest BCUT2D eigenvalue weighted by Gasteiger charge is 2.24. The van der Waals surface area contributed by atoms with E-state index in [1.165, 1.54) is 66.1 Å². The Kier molecular flexibility index (Phi) is 6.96. The third-order valence-electron chi connectivity index (χ3n) is 6.55. The molecule has 4 heteroatoms. The van der Waals surface area contributed by atoms with E-state index >= 15 is 0 Å². The summed E-state index contributed by atoms with van der Waals surface area (Å²) in [6.45, 7) is 8.34. The highest BCUT2D eigenvalue weighted by Crippen LogP contribution is 2.28.